The summed E-state index contributed by atoms with van der Waals surface area (Å²) < 4.78 is 2.14. The van der Waals surface area contributed by atoms with Gasteiger partial charge in [-0.3, -0.25) is 0 Å². The minimum Gasteiger partial charge on any atom is -0.336 e. The quantitative estimate of drug-likeness (QED) is 0.810. The third-order valence-electron chi connectivity index (χ3n) is 4.07. The molecule has 2 fully saturated rings. The standard InChI is InChI=1S/C12H19N3/c1-2-11-7-10(1)8-12(11)14-4-6-15-5-3-13-9-15/h3,5,9-12,14H,1-2,4,6-8H2. The van der Waals surface area contributed by atoms with Gasteiger partial charge in [0.05, 0.1) is 6.33 Å². The SMILES string of the molecule is c1cn(CCNC2CC3CCC2C3)cn1. The Balaban J connectivity index is 1.43. The summed E-state index contributed by atoms with van der Waals surface area (Å²) in [5.41, 5.74) is 0. The summed E-state index contributed by atoms with van der Waals surface area (Å²) in [6.07, 6.45) is 11.6. The first-order chi connectivity index (χ1) is 7.42. The van der Waals surface area contributed by atoms with Gasteiger partial charge >= 0.3 is 0 Å². The molecular weight excluding hydrogens is 186 g/mol. The molecular formula is C12H19N3. The van der Waals surface area contributed by atoms with Crippen LogP contribution < -0.4 is 5.32 Å². The monoisotopic (exact) mass is 205 g/mol. The first kappa shape index (κ1) is 9.40. The van der Waals surface area contributed by atoms with Gasteiger partial charge < -0.3 is 9.88 Å². The van der Waals surface area contributed by atoms with Crippen molar-refractivity contribution in [2.75, 3.05) is 6.54 Å². The van der Waals surface area contributed by atoms with Gasteiger partial charge in [0.25, 0.3) is 0 Å². The van der Waals surface area contributed by atoms with Gasteiger partial charge in [0, 0.05) is 31.5 Å². The Morgan fingerprint density at radius 1 is 1.33 bits per heavy atom. The van der Waals surface area contributed by atoms with Crippen molar-refractivity contribution in [3.05, 3.63) is 18.7 Å². The molecule has 1 aromatic heterocycles. The number of aromatic nitrogens is 2. The van der Waals surface area contributed by atoms with Gasteiger partial charge in [0.15, 0.2) is 0 Å². The Morgan fingerprint density at radius 2 is 2.33 bits per heavy atom. The maximum atomic E-state index is 4.05. The molecule has 0 radical (unpaired) electrons. The lowest BCUT2D eigenvalue weighted by Crippen LogP contribution is -2.35. The van der Waals surface area contributed by atoms with Crippen molar-refractivity contribution in [2.45, 2.75) is 38.3 Å². The van der Waals surface area contributed by atoms with Crippen LogP contribution in [0.2, 0.25) is 0 Å². The minimum atomic E-state index is 0.812. The molecule has 15 heavy (non-hydrogen) atoms. The van der Waals surface area contributed by atoms with Crippen LogP contribution in [0, 0.1) is 11.8 Å². The summed E-state index contributed by atoms with van der Waals surface area (Å²) in [6.45, 7) is 2.14. The molecule has 0 saturated heterocycles. The molecule has 2 bridgehead atoms. The number of imidazole rings is 1. The maximum Gasteiger partial charge on any atom is 0.0946 e. The predicted octanol–water partition coefficient (Wildman–Crippen LogP) is 1.66. The number of hydrogen-bond donors (Lipinski definition) is 1. The van der Waals surface area contributed by atoms with E-state index in [2.05, 4.69) is 14.9 Å². The lowest BCUT2D eigenvalue weighted by molar-refractivity contribution is 0.347. The van der Waals surface area contributed by atoms with Gasteiger partial charge in [-0.15, -0.1) is 0 Å². The van der Waals surface area contributed by atoms with Crippen molar-refractivity contribution in [2.24, 2.45) is 11.8 Å². The molecule has 1 heterocycles. The highest BCUT2D eigenvalue weighted by Crippen LogP contribution is 2.44. The summed E-state index contributed by atoms with van der Waals surface area (Å²) >= 11 is 0. The Morgan fingerprint density at radius 3 is 3.00 bits per heavy atom. The average molecular weight is 205 g/mol. The van der Waals surface area contributed by atoms with E-state index in [1.165, 1.54) is 25.7 Å². The molecule has 1 aromatic rings. The molecule has 1 N–H and O–H groups in total. The van der Waals surface area contributed by atoms with E-state index in [-0.39, 0.29) is 0 Å². The molecule has 0 spiro atoms. The number of rotatable bonds is 4. The first-order valence-electron chi connectivity index (χ1n) is 6.11. The summed E-state index contributed by atoms with van der Waals surface area (Å²) in [4.78, 5) is 4.05. The fourth-order valence-electron chi connectivity index (χ4n) is 3.29. The summed E-state index contributed by atoms with van der Waals surface area (Å²) in [6, 6.07) is 0.812. The topological polar surface area (TPSA) is 29.9 Å². The van der Waals surface area contributed by atoms with Crippen molar-refractivity contribution in [1.82, 2.24) is 14.9 Å². The first-order valence-corrected chi connectivity index (χ1v) is 6.11. The van der Waals surface area contributed by atoms with Gasteiger partial charge in [-0.2, -0.15) is 0 Å². The number of nitrogens with zero attached hydrogens (tertiary/aromatic N) is 2. The van der Waals surface area contributed by atoms with Crippen LogP contribution in [0.4, 0.5) is 0 Å². The largest absolute Gasteiger partial charge is 0.336 e. The molecule has 0 aliphatic heterocycles. The van der Waals surface area contributed by atoms with Gasteiger partial charge in [-0.05, 0) is 31.1 Å². The number of hydrogen-bond acceptors (Lipinski definition) is 2. The molecule has 3 rings (SSSR count). The third kappa shape index (κ3) is 1.93. The fraction of sp³-hybridized carbons (Fsp3) is 0.750. The lowest BCUT2D eigenvalue weighted by atomic mass is 9.95. The Kier molecular flexibility index (Phi) is 2.49. The van der Waals surface area contributed by atoms with Gasteiger partial charge in [-0.25, -0.2) is 4.98 Å². The van der Waals surface area contributed by atoms with Crippen LogP contribution in [0.1, 0.15) is 25.7 Å². The summed E-state index contributed by atoms with van der Waals surface area (Å²) in [7, 11) is 0. The van der Waals surface area contributed by atoms with Gasteiger partial charge in [-0.1, -0.05) is 6.42 Å². The van der Waals surface area contributed by atoms with Crippen LogP contribution in [0.25, 0.3) is 0 Å². The van der Waals surface area contributed by atoms with Crippen LogP contribution in [-0.2, 0) is 6.54 Å². The Labute approximate surface area is 90.9 Å². The predicted molar refractivity (Wildman–Crippen MR) is 59.5 cm³/mol. The smallest absolute Gasteiger partial charge is 0.0946 e. The van der Waals surface area contributed by atoms with E-state index in [0.29, 0.717) is 0 Å². The van der Waals surface area contributed by atoms with Crippen molar-refractivity contribution < 1.29 is 0 Å². The summed E-state index contributed by atoms with van der Waals surface area (Å²) in [5, 5.41) is 3.70. The molecule has 2 saturated carbocycles. The van der Waals surface area contributed by atoms with Crippen LogP contribution in [0.5, 0.6) is 0 Å². The van der Waals surface area contributed by atoms with Crippen LogP contribution in [-0.4, -0.2) is 22.1 Å². The van der Waals surface area contributed by atoms with E-state index < -0.39 is 0 Å². The van der Waals surface area contributed by atoms with Crippen LogP contribution in [0.15, 0.2) is 18.7 Å². The Hall–Kier alpha value is -0.830. The second-order valence-electron chi connectivity index (χ2n) is 5.04. The van der Waals surface area contributed by atoms with Crippen LogP contribution >= 0.6 is 0 Å². The second kappa shape index (κ2) is 3.97. The van der Waals surface area contributed by atoms with E-state index in [9.17, 15) is 0 Å². The Bertz CT molecular complexity index is 307. The highest BCUT2D eigenvalue weighted by molar-refractivity contribution is 4.94. The molecule has 3 nitrogen and oxygen atoms in total. The zero-order chi connectivity index (χ0) is 10.1. The highest BCUT2D eigenvalue weighted by Gasteiger charge is 2.38. The summed E-state index contributed by atoms with van der Waals surface area (Å²) in [5.74, 6) is 2.03. The molecule has 0 amide bonds. The second-order valence-corrected chi connectivity index (χ2v) is 5.04. The molecule has 3 unspecified atom stereocenters. The number of fused-ring (bicyclic) bond motifs is 2. The maximum absolute atomic E-state index is 4.05. The van der Waals surface area contributed by atoms with E-state index in [1.807, 2.05) is 18.7 Å². The fourth-order valence-corrected chi connectivity index (χ4v) is 3.29. The number of nitrogens with one attached hydrogen (secondary N) is 1. The van der Waals surface area contributed by atoms with E-state index in [4.69, 9.17) is 0 Å². The van der Waals surface area contributed by atoms with Crippen molar-refractivity contribution >= 4 is 0 Å². The highest BCUT2D eigenvalue weighted by atomic mass is 15.1. The third-order valence-corrected chi connectivity index (χ3v) is 4.07. The van der Waals surface area contributed by atoms with Crippen LogP contribution in [0.3, 0.4) is 0 Å². The van der Waals surface area contributed by atoms with Crippen molar-refractivity contribution in [3.63, 3.8) is 0 Å². The van der Waals surface area contributed by atoms with Crippen molar-refractivity contribution in [3.8, 4) is 0 Å². The minimum absolute atomic E-state index is 0.812. The normalized spacial score (nSPS) is 33.7. The van der Waals surface area contributed by atoms with Gasteiger partial charge in [0.1, 0.15) is 0 Å². The molecule has 2 aliphatic rings. The van der Waals surface area contributed by atoms with E-state index in [1.54, 1.807) is 0 Å². The molecule has 0 aromatic carbocycles. The zero-order valence-corrected chi connectivity index (χ0v) is 9.10. The van der Waals surface area contributed by atoms with E-state index in [0.717, 1.165) is 31.0 Å². The van der Waals surface area contributed by atoms with Gasteiger partial charge in [0.2, 0.25) is 0 Å². The molecule has 2 aliphatic carbocycles. The van der Waals surface area contributed by atoms with E-state index >= 15 is 0 Å². The zero-order valence-electron chi connectivity index (χ0n) is 9.10. The molecule has 3 atom stereocenters. The lowest BCUT2D eigenvalue weighted by Gasteiger charge is -2.22. The average Bonchev–Trinajstić information content (AvgIpc) is 2.93. The molecule has 82 valence electrons. The molecule has 3 heteroatoms. The van der Waals surface area contributed by atoms with Crippen molar-refractivity contribution in [1.29, 1.82) is 0 Å².